The Kier molecular flexibility index (Phi) is 4.61. The Morgan fingerprint density at radius 3 is 2.47 bits per heavy atom. The van der Waals surface area contributed by atoms with Gasteiger partial charge in [-0.1, -0.05) is 31.2 Å². The molecule has 1 aromatic rings. The van der Waals surface area contributed by atoms with Crippen molar-refractivity contribution < 1.29 is 9.53 Å². The Hall–Kier alpha value is -1.57. The van der Waals surface area contributed by atoms with Gasteiger partial charge in [0.15, 0.2) is 0 Å². The Morgan fingerprint density at radius 2 is 1.93 bits per heavy atom. The lowest BCUT2D eigenvalue weighted by atomic mass is 10.1. The summed E-state index contributed by atoms with van der Waals surface area (Å²) in [7, 11) is 0. The third-order valence-electron chi connectivity index (χ3n) is 1.97. The van der Waals surface area contributed by atoms with Crippen molar-refractivity contribution in [2.75, 3.05) is 6.61 Å². The molecule has 0 spiro atoms. The fraction of sp³-hybridized carbons (Fsp3) is 0.308. The summed E-state index contributed by atoms with van der Waals surface area (Å²) in [6, 6.07) is 7.40. The number of benzene rings is 1. The smallest absolute Gasteiger partial charge is 0.338 e. The van der Waals surface area contributed by atoms with Crippen LogP contribution in [0, 0.1) is 0 Å². The number of carbonyl (C=O) groups excluding carboxylic acids is 1. The fourth-order valence-corrected chi connectivity index (χ4v) is 1.20. The molecule has 80 valence electrons. The first-order valence-electron chi connectivity index (χ1n) is 5.21. The van der Waals surface area contributed by atoms with Crippen molar-refractivity contribution in [3.63, 3.8) is 0 Å². The molecule has 0 heterocycles. The van der Waals surface area contributed by atoms with Gasteiger partial charge in [0.2, 0.25) is 0 Å². The summed E-state index contributed by atoms with van der Waals surface area (Å²) in [5, 5.41) is 0. The van der Waals surface area contributed by atoms with Crippen LogP contribution < -0.4 is 0 Å². The standard InChI is InChI=1S/C13H16O2/c1-3-5-6-11-7-9-12(10-8-11)13(14)15-4-2/h5-10H,3-4H2,1-2H3. The van der Waals surface area contributed by atoms with Crippen molar-refractivity contribution in [1.82, 2.24) is 0 Å². The topological polar surface area (TPSA) is 26.3 Å². The second kappa shape index (κ2) is 6.02. The Bertz CT molecular complexity index is 336. The molecule has 1 aromatic carbocycles. The van der Waals surface area contributed by atoms with E-state index in [0.29, 0.717) is 12.2 Å². The van der Waals surface area contributed by atoms with E-state index in [2.05, 4.69) is 13.0 Å². The van der Waals surface area contributed by atoms with Gasteiger partial charge in [0, 0.05) is 0 Å². The van der Waals surface area contributed by atoms with E-state index in [0.717, 1.165) is 12.0 Å². The van der Waals surface area contributed by atoms with Gasteiger partial charge >= 0.3 is 5.97 Å². The summed E-state index contributed by atoms with van der Waals surface area (Å²) in [4.78, 5) is 11.3. The molecule has 0 unspecified atom stereocenters. The summed E-state index contributed by atoms with van der Waals surface area (Å²) in [6.07, 6.45) is 5.13. The van der Waals surface area contributed by atoms with E-state index in [9.17, 15) is 4.79 Å². The Morgan fingerprint density at radius 1 is 1.27 bits per heavy atom. The molecule has 0 bridgehead atoms. The van der Waals surface area contributed by atoms with Crippen LogP contribution in [0.3, 0.4) is 0 Å². The number of hydrogen-bond acceptors (Lipinski definition) is 2. The molecule has 0 aliphatic heterocycles. The van der Waals surface area contributed by atoms with Gasteiger partial charge in [-0.2, -0.15) is 0 Å². The van der Waals surface area contributed by atoms with Crippen molar-refractivity contribution in [2.24, 2.45) is 0 Å². The summed E-state index contributed by atoms with van der Waals surface area (Å²) in [5.74, 6) is -0.261. The second-order valence-electron chi connectivity index (χ2n) is 3.15. The predicted octanol–water partition coefficient (Wildman–Crippen LogP) is 3.29. The average molecular weight is 204 g/mol. The van der Waals surface area contributed by atoms with Crippen LogP contribution in [0.2, 0.25) is 0 Å². The van der Waals surface area contributed by atoms with Crippen molar-refractivity contribution in [1.29, 1.82) is 0 Å². The number of allylic oxidation sites excluding steroid dienone is 1. The minimum Gasteiger partial charge on any atom is -0.462 e. The van der Waals surface area contributed by atoms with Gasteiger partial charge in [0.05, 0.1) is 12.2 Å². The van der Waals surface area contributed by atoms with Crippen molar-refractivity contribution in [2.45, 2.75) is 20.3 Å². The van der Waals surface area contributed by atoms with E-state index in [-0.39, 0.29) is 5.97 Å². The zero-order valence-electron chi connectivity index (χ0n) is 9.19. The number of carbonyl (C=O) groups is 1. The lowest BCUT2D eigenvalue weighted by Gasteiger charge is -2.01. The monoisotopic (exact) mass is 204 g/mol. The van der Waals surface area contributed by atoms with Gasteiger partial charge < -0.3 is 4.74 Å². The van der Waals surface area contributed by atoms with Crippen LogP contribution >= 0.6 is 0 Å². The highest BCUT2D eigenvalue weighted by Gasteiger charge is 2.04. The van der Waals surface area contributed by atoms with E-state index in [1.54, 1.807) is 19.1 Å². The maximum Gasteiger partial charge on any atom is 0.338 e. The predicted molar refractivity (Wildman–Crippen MR) is 61.7 cm³/mol. The van der Waals surface area contributed by atoms with Crippen LogP contribution in [0.15, 0.2) is 30.3 Å². The molecular formula is C13H16O2. The number of ether oxygens (including phenoxy) is 1. The molecule has 0 aliphatic carbocycles. The molecule has 2 heteroatoms. The van der Waals surface area contributed by atoms with E-state index < -0.39 is 0 Å². The fourth-order valence-electron chi connectivity index (χ4n) is 1.20. The van der Waals surface area contributed by atoms with E-state index in [1.807, 2.05) is 18.2 Å². The highest BCUT2D eigenvalue weighted by molar-refractivity contribution is 5.89. The molecule has 2 nitrogen and oxygen atoms in total. The van der Waals surface area contributed by atoms with Crippen LogP contribution in [-0.2, 0) is 4.74 Å². The zero-order chi connectivity index (χ0) is 11.1. The first-order chi connectivity index (χ1) is 7.27. The summed E-state index contributed by atoms with van der Waals surface area (Å²) < 4.78 is 4.89. The van der Waals surface area contributed by atoms with Crippen molar-refractivity contribution >= 4 is 12.0 Å². The van der Waals surface area contributed by atoms with Crippen LogP contribution in [-0.4, -0.2) is 12.6 Å². The summed E-state index contributed by atoms with van der Waals surface area (Å²) >= 11 is 0. The van der Waals surface area contributed by atoms with Gasteiger partial charge in [0.1, 0.15) is 0 Å². The second-order valence-corrected chi connectivity index (χ2v) is 3.15. The van der Waals surface area contributed by atoms with Gasteiger partial charge in [-0.15, -0.1) is 0 Å². The molecular weight excluding hydrogens is 188 g/mol. The summed E-state index contributed by atoms with van der Waals surface area (Å²) in [6.45, 7) is 4.30. The lowest BCUT2D eigenvalue weighted by molar-refractivity contribution is 0.0526. The van der Waals surface area contributed by atoms with Crippen LogP contribution in [0.25, 0.3) is 6.08 Å². The SMILES string of the molecule is CCC=Cc1ccc(C(=O)OCC)cc1. The molecule has 0 aliphatic rings. The average Bonchev–Trinajstić information content (AvgIpc) is 2.27. The molecule has 0 fully saturated rings. The Balaban J connectivity index is 2.71. The number of hydrogen-bond donors (Lipinski definition) is 0. The molecule has 0 atom stereocenters. The van der Waals surface area contributed by atoms with Crippen LogP contribution in [0.4, 0.5) is 0 Å². The maximum absolute atomic E-state index is 11.3. The molecule has 1 rings (SSSR count). The number of esters is 1. The van der Waals surface area contributed by atoms with E-state index in [4.69, 9.17) is 4.74 Å². The first kappa shape index (κ1) is 11.5. The highest BCUT2D eigenvalue weighted by atomic mass is 16.5. The van der Waals surface area contributed by atoms with Crippen LogP contribution in [0.5, 0.6) is 0 Å². The molecule has 0 aromatic heterocycles. The van der Waals surface area contributed by atoms with E-state index in [1.165, 1.54) is 0 Å². The Labute approximate surface area is 90.6 Å². The molecule has 0 saturated carbocycles. The number of rotatable bonds is 4. The lowest BCUT2D eigenvalue weighted by Crippen LogP contribution is -2.03. The highest BCUT2D eigenvalue weighted by Crippen LogP contribution is 2.07. The minimum atomic E-state index is -0.261. The molecule has 15 heavy (non-hydrogen) atoms. The molecule has 0 saturated heterocycles. The maximum atomic E-state index is 11.3. The summed E-state index contributed by atoms with van der Waals surface area (Å²) in [5.41, 5.74) is 1.70. The first-order valence-corrected chi connectivity index (χ1v) is 5.21. The molecule has 0 N–H and O–H groups in total. The van der Waals surface area contributed by atoms with Gasteiger partial charge in [-0.05, 0) is 31.0 Å². The van der Waals surface area contributed by atoms with Crippen LogP contribution in [0.1, 0.15) is 36.2 Å². The third kappa shape index (κ3) is 3.58. The van der Waals surface area contributed by atoms with Crippen molar-refractivity contribution in [3.8, 4) is 0 Å². The largest absolute Gasteiger partial charge is 0.462 e. The van der Waals surface area contributed by atoms with Gasteiger partial charge in [0.25, 0.3) is 0 Å². The van der Waals surface area contributed by atoms with Gasteiger partial charge in [-0.25, -0.2) is 4.79 Å². The normalized spacial score (nSPS) is 10.5. The quantitative estimate of drug-likeness (QED) is 0.703. The van der Waals surface area contributed by atoms with E-state index >= 15 is 0 Å². The molecule has 0 radical (unpaired) electrons. The van der Waals surface area contributed by atoms with Crippen molar-refractivity contribution in [3.05, 3.63) is 41.5 Å². The minimum absolute atomic E-state index is 0.261. The third-order valence-corrected chi connectivity index (χ3v) is 1.97. The zero-order valence-corrected chi connectivity index (χ0v) is 9.19. The molecule has 0 amide bonds. The van der Waals surface area contributed by atoms with Gasteiger partial charge in [-0.3, -0.25) is 0 Å².